The van der Waals surface area contributed by atoms with Gasteiger partial charge in [0.15, 0.2) is 0 Å². The van der Waals surface area contributed by atoms with Gasteiger partial charge in [0.2, 0.25) is 0 Å². The predicted octanol–water partition coefficient (Wildman–Crippen LogP) is 4.29. The molecule has 4 nitrogen and oxygen atoms in total. The van der Waals surface area contributed by atoms with E-state index in [1.807, 2.05) is 12.1 Å². The lowest BCUT2D eigenvalue weighted by molar-refractivity contribution is 0.0935. The maximum atomic E-state index is 12.7. The molecule has 0 saturated carbocycles. The van der Waals surface area contributed by atoms with Gasteiger partial charge in [0.1, 0.15) is 11.2 Å². The average Bonchev–Trinajstić information content (AvgIpc) is 2.94. The van der Waals surface area contributed by atoms with E-state index in [1.54, 1.807) is 17.4 Å². The number of hydrogen-bond donors (Lipinski definition) is 2. The molecule has 4 rings (SSSR count). The molecule has 2 N–H and O–H groups in total. The molecule has 1 aromatic heterocycles. The maximum absolute atomic E-state index is 12.7. The molecule has 1 amide bonds. The highest BCUT2D eigenvalue weighted by Crippen LogP contribution is 2.42. The van der Waals surface area contributed by atoms with E-state index < -0.39 is 0 Å². The number of amides is 1. The Labute approximate surface area is 154 Å². The third kappa shape index (κ3) is 2.60. The molecule has 2 aliphatic heterocycles. The number of halogens is 2. The van der Waals surface area contributed by atoms with Crippen LogP contribution in [0.3, 0.4) is 0 Å². The molecule has 1 aromatic carbocycles. The van der Waals surface area contributed by atoms with Crippen LogP contribution in [0.1, 0.15) is 39.5 Å². The van der Waals surface area contributed by atoms with Crippen LogP contribution < -0.4 is 10.6 Å². The molecule has 0 spiro atoms. The monoisotopic (exact) mass is 381 g/mol. The number of likely N-dealkylation sites (N-methyl/N-ethyl adjacent to an activating group) is 1. The lowest BCUT2D eigenvalue weighted by atomic mass is 10.0. The highest BCUT2D eigenvalue weighted by atomic mass is 35.5. The topological polar surface area (TPSA) is 44.4 Å². The summed E-state index contributed by atoms with van der Waals surface area (Å²) in [7, 11) is 0. The number of carbonyl (C=O) groups is 1. The molecule has 126 valence electrons. The molecule has 0 fully saturated rings. The summed E-state index contributed by atoms with van der Waals surface area (Å²) in [4.78, 5) is 16.4. The normalized spacial score (nSPS) is 20.1. The van der Waals surface area contributed by atoms with Crippen LogP contribution in [0.2, 0.25) is 10.0 Å². The molecular formula is C17H17Cl2N3OS. The first-order valence-corrected chi connectivity index (χ1v) is 9.54. The Bertz CT molecular complexity index is 820. The highest BCUT2D eigenvalue weighted by Gasteiger charge is 2.33. The smallest absolute Gasteiger partial charge is 0.256 e. The van der Waals surface area contributed by atoms with E-state index in [1.165, 1.54) is 10.4 Å². The number of fused-ring (bicyclic) bond motifs is 3. The number of benzene rings is 1. The molecule has 2 aromatic rings. The Balaban J connectivity index is 1.70. The fourth-order valence-electron chi connectivity index (χ4n) is 3.34. The number of hydrogen-bond acceptors (Lipinski definition) is 4. The molecule has 3 heterocycles. The van der Waals surface area contributed by atoms with Gasteiger partial charge in [-0.05, 0) is 24.6 Å². The summed E-state index contributed by atoms with van der Waals surface area (Å²) in [6, 6.07) is 5.46. The summed E-state index contributed by atoms with van der Waals surface area (Å²) >= 11 is 14.1. The number of carbonyl (C=O) groups excluding carboxylic acids is 1. The molecule has 2 aliphatic rings. The van der Waals surface area contributed by atoms with E-state index in [9.17, 15) is 4.79 Å². The minimum absolute atomic E-state index is 0.0350. The summed E-state index contributed by atoms with van der Waals surface area (Å²) in [5.41, 5.74) is 2.78. The van der Waals surface area contributed by atoms with Gasteiger partial charge in [0, 0.05) is 23.5 Å². The van der Waals surface area contributed by atoms with E-state index in [2.05, 4.69) is 22.5 Å². The Hall–Kier alpha value is -1.27. The van der Waals surface area contributed by atoms with Crippen molar-refractivity contribution in [3.8, 4) is 0 Å². The van der Waals surface area contributed by atoms with Crippen LogP contribution >= 0.6 is 34.5 Å². The Kier molecular flexibility index (Phi) is 4.21. The van der Waals surface area contributed by atoms with Crippen molar-refractivity contribution < 1.29 is 4.79 Å². The minimum atomic E-state index is -0.362. The molecule has 0 bridgehead atoms. The number of anilines is 1. The Morgan fingerprint density at radius 1 is 1.33 bits per heavy atom. The van der Waals surface area contributed by atoms with Gasteiger partial charge >= 0.3 is 0 Å². The largest absolute Gasteiger partial charge is 0.353 e. The fourth-order valence-corrected chi connectivity index (χ4v) is 5.07. The second-order valence-electron chi connectivity index (χ2n) is 6.02. The van der Waals surface area contributed by atoms with Crippen LogP contribution in [0.25, 0.3) is 0 Å². The molecule has 1 atom stereocenters. The van der Waals surface area contributed by atoms with Crippen LogP contribution in [-0.4, -0.2) is 23.9 Å². The van der Waals surface area contributed by atoms with Crippen molar-refractivity contribution in [3.05, 3.63) is 49.8 Å². The molecule has 0 radical (unpaired) electrons. The molecule has 0 saturated heterocycles. The lowest BCUT2D eigenvalue weighted by Crippen LogP contribution is -2.39. The van der Waals surface area contributed by atoms with Crippen LogP contribution in [0.4, 0.5) is 5.00 Å². The second-order valence-corrected chi connectivity index (χ2v) is 7.91. The Morgan fingerprint density at radius 2 is 2.17 bits per heavy atom. The molecule has 0 unspecified atom stereocenters. The third-order valence-corrected chi connectivity index (χ3v) is 6.64. The second kappa shape index (κ2) is 6.23. The quantitative estimate of drug-likeness (QED) is 0.815. The zero-order valence-corrected chi connectivity index (χ0v) is 15.5. The van der Waals surface area contributed by atoms with Crippen LogP contribution in [0.5, 0.6) is 0 Å². The van der Waals surface area contributed by atoms with E-state index in [0.717, 1.165) is 42.2 Å². The average molecular weight is 382 g/mol. The Morgan fingerprint density at radius 3 is 2.96 bits per heavy atom. The van der Waals surface area contributed by atoms with E-state index >= 15 is 0 Å². The minimum Gasteiger partial charge on any atom is -0.353 e. The van der Waals surface area contributed by atoms with Crippen LogP contribution in [0.15, 0.2) is 18.2 Å². The third-order valence-electron chi connectivity index (χ3n) is 4.65. The first-order valence-electron chi connectivity index (χ1n) is 7.96. The highest BCUT2D eigenvalue weighted by molar-refractivity contribution is 7.16. The summed E-state index contributed by atoms with van der Waals surface area (Å²) in [6.45, 7) is 5.12. The van der Waals surface area contributed by atoms with Gasteiger partial charge in [-0.15, -0.1) is 11.3 Å². The van der Waals surface area contributed by atoms with Gasteiger partial charge in [-0.25, -0.2) is 0 Å². The van der Waals surface area contributed by atoms with Crippen molar-refractivity contribution in [3.63, 3.8) is 0 Å². The molecule has 24 heavy (non-hydrogen) atoms. The molecule has 7 heteroatoms. The number of nitrogens with zero attached hydrogens (tertiary/aromatic N) is 1. The van der Waals surface area contributed by atoms with E-state index in [-0.39, 0.29) is 12.1 Å². The van der Waals surface area contributed by atoms with E-state index in [4.69, 9.17) is 23.2 Å². The van der Waals surface area contributed by atoms with Gasteiger partial charge in [-0.1, -0.05) is 42.3 Å². The number of rotatable bonds is 2. The summed E-state index contributed by atoms with van der Waals surface area (Å²) in [6.07, 6.45) is 0.561. The summed E-state index contributed by atoms with van der Waals surface area (Å²) in [5.74, 6) is -0.0350. The molecular weight excluding hydrogens is 365 g/mol. The van der Waals surface area contributed by atoms with Gasteiger partial charge in [0.25, 0.3) is 5.91 Å². The van der Waals surface area contributed by atoms with Crippen molar-refractivity contribution in [1.29, 1.82) is 0 Å². The lowest BCUT2D eigenvalue weighted by Gasteiger charge is -2.28. The van der Waals surface area contributed by atoms with Crippen molar-refractivity contribution in [2.45, 2.75) is 26.1 Å². The zero-order valence-electron chi connectivity index (χ0n) is 13.2. The first kappa shape index (κ1) is 16.2. The van der Waals surface area contributed by atoms with Gasteiger partial charge in [-0.2, -0.15) is 0 Å². The van der Waals surface area contributed by atoms with Gasteiger partial charge in [-0.3, -0.25) is 9.69 Å². The maximum Gasteiger partial charge on any atom is 0.256 e. The SMILES string of the molecule is CCN1CCc2c(sc3c2C(=O)N[C@@H](c2cccc(Cl)c2Cl)N3)C1. The summed E-state index contributed by atoms with van der Waals surface area (Å²) < 4.78 is 0. The van der Waals surface area contributed by atoms with Crippen molar-refractivity contribution >= 4 is 45.4 Å². The number of thiophene rings is 1. The zero-order chi connectivity index (χ0) is 16.8. The van der Waals surface area contributed by atoms with Crippen molar-refractivity contribution in [1.82, 2.24) is 10.2 Å². The van der Waals surface area contributed by atoms with Crippen LogP contribution in [-0.2, 0) is 13.0 Å². The van der Waals surface area contributed by atoms with Gasteiger partial charge < -0.3 is 10.6 Å². The van der Waals surface area contributed by atoms with Crippen LogP contribution in [0, 0.1) is 0 Å². The first-order chi connectivity index (χ1) is 11.6. The van der Waals surface area contributed by atoms with Crippen molar-refractivity contribution in [2.75, 3.05) is 18.4 Å². The predicted molar refractivity (Wildman–Crippen MR) is 99.3 cm³/mol. The van der Waals surface area contributed by atoms with Crippen molar-refractivity contribution in [2.24, 2.45) is 0 Å². The number of nitrogens with one attached hydrogen (secondary N) is 2. The van der Waals surface area contributed by atoms with Gasteiger partial charge in [0.05, 0.1) is 15.6 Å². The molecule has 0 aliphatic carbocycles. The fraction of sp³-hybridized carbons (Fsp3) is 0.353. The standard InChI is InChI=1S/C17H17Cl2N3OS/c1-2-22-7-6-9-12(8-22)24-17-13(9)16(23)20-15(21-17)10-4-3-5-11(18)14(10)19/h3-5,15,21H,2,6-8H2,1H3,(H,20,23)/t15-/m1/s1. The summed E-state index contributed by atoms with van der Waals surface area (Å²) in [5, 5.41) is 8.34. The van der Waals surface area contributed by atoms with E-state index in [0.29, 0.717) is 10.0 Å².